The third kappa shape index (κ3) is 1.81. The number of rotatable bonds is 1. The molecule has 0 aliphatic carbocycles. The molecule has 0 saturated carbocycles. The molecule has 0 atom stereocenters. The molecule has 1 aromatic rings. The van der Waals surface area contributed by atoms with Gasteiger partial charge in [0.05, 0.1) is 12.8 Å². The summed E-state index contributed by atoms with van der Waals surface area (Å²) in [4.78, 5) is 24.1. The van der Waals surface area contributed by atoms with Gasteiger partial charge in [0.15, 0.2) is 0 Å². The molecule has 1 heterocycles. The monoisotopic (exact) mass is 202 g/mol. The molecule has 5 nitrogen and oxygen atoms in total. The van der Waals surface area contributed by atoms with Gasteiger partial charge < -0.3 is 15.5 Å². The summed E-state index contributed by atoms with van der Waals surface area (Å²) in [5, 5.41) is -0.114. The van der Waals surface area contributed by atoms with Gasteiger partial charge in [0, 0.05) is 6.07 Å². The fourth-order valence-corrected chi connectivity index (χ4v) is 1.14. The highest BCUT2D eigenvalue weighted by molar-refractivity contribution is 6.33. The number of halogens is 1. The van der Waals surface area contributed by atoms with Crippen LogP contribution in [0, 0.1) is 0 Å². The zero-order valence-electron chi connectivity index (χ0n) is 6.76. The molecule has 13 heavy (non-hydrogen) atoms. The second-order valence-electron chi connectivity index (χ2n) is 2.27. The molecule has 0 saturated heterocycles. The molecule has 0 bridgehead atoms. The highest BCUT2D eigenvalue weighted by Crippen LogP contribution is 2.17. The zero-order valence-corrected chi connectivity index (χ0v) is 7.51. The molecule has 0 unspecified atom stereocenters. The Labute approximate surface area is 78.5 Å². The molecule has 3 N–H and O–H groups in total. The van der Waals surface area contributed by atoms with Gasteiger partial charge in [-0.1, -0.05) is 11.6 Å². The molecule has 1 rings (SSSR count). The number of hydrogen-bond acceptors (Lipinski definition) is 4. The largest absolute Gasteiger partial charge is 0.465 e. The maximum atomic E-state index is 11.1. The van der Waals surface area contributed by atoms with Crippen molar-refractivity contribution >= 4 is 23.3 Å². The van der Waals surface area contributed by atoms with E-state index in [-0.39, 0.29) is 16.4 Å². The number of carbonyl (C=O) groups is 1. The van der Waals surface area contributed by atoms with Gasteiger partial charge in [0.25, 0.3) is 5.56 Å². The average Bonchev–Trinajstić information content (AvgIpc) is 2.02. The summed E-state index contributed by atoms with van der Waals surface area (Å²) >= 11 is 5.57. The Hall–Kier alpha value is -1.49. The number of esters is 1. The minimum absolute atomic E-state index is 0.000556. The Balaban J connectivity index is 3.37. The first kappa shape index (κ1) is 9.60. The Kier molecular flexibility index (Phi) is 2.57. The van der Waals surface area contributed by atoms with Crippen molar-refractivity contribution in [3.8, 4) is 0 Å². The first-order chi connectivity index (χ1) is 6.06. The lowest BCUT2D eigenvalue weighted by Gasteiger charge is -2.03. The number of nitrogens with one attached hydrogen (secondary N) is 1. The fraction of sp³-hybridized carbons (Fsp3) is 0.143. The quantitative estimate of drug-likeness (QED) is 0.510. The minimum atomic E-state index is -0.682. The molecule has 0 radical (unpaired) electrons. The Morgan fingerprint density at radius 2 is 2.31 bits per heavy atom. The predicted octanol–water partition coefficient (Wildman–Crippen LogP) is 0.397. The predicted molar refractivity (Wildman–Crippen MR) is 47.8 cm³/mol. The van der Waals surface area contributed by atoms with E-state index in [9.17, 15) is 9.59 Å². The number of methoxy groups -OCH3 is 1. The highest BCUT2D eigenvalue weighted by atomic mass is 35.5. The van der Waals surface area contributed by atoms with E-state index >= 15 is 0 Å². The van der Waals surface area contributed by atoms with Crippen LogP contribution in [0.1, 0.15) is 10.4 Å². The molecule has 0 aromatic carbocycles. The number of H-pyrrole nitrogens is 1. The maximum Gasteiger partial charge on any atom is 0.343 e. The van der Waals surface area contributed by atoms with Crippen molar-refractivity contribution in [2.45, 2.75) is 0 Å². The van der Waals surface area contributed by atoms with E-state index in [2.05, 4.69) is 9.72 Å². The topological polar surface area (TPSA) is 85.2 Å². The minimum Gasteiger partial charge on any atom is -0.465 e. The van der Waals surface area contributed by atoms with E-state index in [4.69, 9.17) is 17.3 Å². The molecule has 0 amide bonds. The van der Waals surface area contributed by atoms with E-state index in [1.54, 1.807) is 0 Å². The van der Waals surface area contributed by atoms with Crippen molar-refractivity contribution in [3.05, 3.63) is 27.1 Å². The summed E-state index contributed by atoms with van der Waals surface area (Å²) in [7, 11) is 1.20. The number of ether oxygens (including phenoxy) is 1. The lowest BCUT2D eigenvalue weighted by Crippen LogP contribution is -2.14. The van der Waals surface area contributed by atoms with E-state index in [0.29, 0.717) is 0 Å². The van der Waals surface area contributed by atoms with Crippen LogP contribution in [-0.2, 0) is 4.74 Å². The third-order valence-electron chi connectivity index (χ3n) is 1.42. The van der Waals surface area contributed by atoms with Crippen LogP contribution in [0.15, 0.2) is 10.9 Å². The zero-order chi connectivity index (χ0) is 10.0. The first-order valence-corrected chi connectivity index (χ1v) is 3.70. The van der Waals surface area contributed by atoms with Gasteiger partial charge in [-0.25, -0.2) is 4.79 Å². The maximum absolute atomic E-state index is 11.1. The van der Waals surface area contributed by atoms with Crippen LogP contribution in [0.4, 0.5) is 5.69 Å². The number of nitrogens with two attached hydrogens (primary N) is 1. The first-order valence-electron chi connectivity index (χ1n) is 3.33. The van der Waals surface area contributed by atoms with Crippen LogP contribution in [0.25, 0.3) is 0 Å². The standard InChI is InChI=1S/C7H7ClN2O3/c1-13-7(12)5-3(9)2-4(11)10-6(5)8/h2H,1H3,(H3,9,10,11). The molecular formula is C7H7ClN2O3. The van der Waals surface area contributed by atoms with Crippen molar-refractivity contribution in [2.75, 3.05) is 12.8 Å². The number of aromatic amines is 1. The molecule has 6 heteroatoms. The Morgan fingerprint density at radius 3 is 2.77 bits per heavy atom. The smallest absolute Gasteiger partial charge is 0.343 e. The van der Waals surface area contributed by atoms with Crippen LogP contribution < -0.4 is 11.3 Å². The molecule has 0 aliphatic heterocycles. The number of pyridine rings is 1. The average molecular weight is 203 g/mol. The molecule has 0 fully saturated rings. The van der Waals surface area contributed by atoms with Crippen molar-refractivity contribution in [2.24, 2.45) is 0 Å². The van der Waals surface area contributed by atoms with Crippen molar-refractivity contribution < 1.29 is 9.53 Å². The van der Waals surface area contributed by atoms with E-state index in [1.807, 2.05) is 0 Å². The van der Waals surface area contributed by atoms with E-state index in [0.717, 1.165) is 6.07 Å². The summed E-state index contributed by atoms with van der Waals surface area (Å²) in [6.07, 6.45) is 0. The van der Waals surface area contributed by atoms with Crippen LogP contribution in [0.5, 0.6) is 0 Å². The summed E-state index contributed by atoms with van der Waals surface area (Å²) in [6, 6.07) is 1.07. The normalized spacial score (nSPS) is 9.69. The third-order valence-corrected chi connectivity index (χ3v) is 1.70. The van der Waals surface area contributed by atoms with Crippen molar-refractivity contribution in [1.82, 2.24) is 4.98 Å². The van der Waals surface area contributed by atoms with E-state index in [1.165, 1.54) is 7.11 Å². The number of nitrogen functional groups attached to an aromatic ring is 1. The van der Waals surface area contributed by atoms with Crippen molar-refractivity contribution in [1.29, 1.82) is 0 Å². The summed E-state index contributed by atoms with van der Waals surface area (Å²) < 4.78 is 4.41. The summed E-state index contributed by atoms with van der Waals surface area (Å²) in [5.41, 5.74) is 4.91. The van der Waals surface area contributed by atoms with Gasteiger partial charge >= 0.3 is 5.97 Å². The second-order valence-corrected chi connectivity index (χ2v) is 2.65. The van der Waals surface area contributed by atoms with Gasteiger partial charge in [-0.2, -0.15) is 0 Å². The lowest BCUT2D eigenvalue weighted by atomic mass is 10.2. The lowest BCUT2D eigenvalue weighted by molar-refractivity contribution is 0.0601. The number of hydrogen-bond donors (Lipinski definition) is 2. The molecule has 70 valence electrons. The Morgan fingerprint density at radius 1 is 1.69 bits per heavy atom. The van der Waals surface area contributed by atoms with Crippen LogP contribution in [0.2, 0.25) is 5.15 Å². The van der Waals surface area contributed by atoms with Gasteiger partial charge in [0.1, 0.15) is 10.7 Å². The molecule has 1 aromatic heterocycles. The van der Waals surface area contributed by atoms with Gasteiger partial charge in [-0.05, 0) is 0 Å². The van der Waals surface area contributed by atoms with Gasteiger partial charge in [-0.15, -0.1) is 0 Å². The van der Waals surface area contributed by atoms with Crippen LogP contribution in [-0.4, -0.2) is 18.1 Å². The highest BCUT2D eigenvalue weighted by Gasteiger charge is 2.15. The molecule has 0 spiro atoms. The van der Waals surface area contributed by atoms with Crippen molar-refractivity contribution in [3.63, 3.8) is 0 Å². The summed E-state index contributed by atoms with van der Waals surface area (Å²) in [6.45, 7) is 0. The molecule has 0 aliphatic rings. The van der Waals surface area contributed by atoms with Gasteiger partial charge in [0.2, 0.25) is 0 Å². The van der Waals surface area contributed by atoms with Crippen LogP contribution in [0.3, 0.4) is 0 Å². The van der Waals surface area contributed by atoms with Gasteiger partial charge in [-0.3, -0.25) is 4.79 Å². The number of aromatic nitrogens is 1. The fourth-order valence-electron chi connectivity index (χ4n) is 0.856. The summed E-state index contributed by atoms with van der Waals surface area (Å²) in [5.74, 6) is -0.682. The molecular weight excluding hydrogens is 196 g/mol. The number of anilines is 1. The SMILES string of the molecule is COC(=O)c1c(N)cc(=O)[nH]c1Cl. The second kappa shape index (κ2) is 3.49. The Bertz CT molecular complexity index is 373. The number of carbonyl (C=O) groups excluding carboxylic acids is 1. The van der Waals surface area contributed by atoms with E-state index < -0.39 is 11.5 Å². The van der Waals surface area contributed by atoms with Crippen LogP contribution >= 0.6 is 11.6 Å².